The number of fused-ring (bicyclic) bond motifs is 1. The standard InChI is InChI=1S/C29H34N2O4/c1-19-8-6-7-9-24(19)29(32)30-20(2)28-25-17-27(35-5)26(34-4)16-22(25)14-15-31(28)18-21-10-12-23(33-3)13-11-21/h6-13,16-17,20,28H,14-15,18H2,1-5H3,(H,30,32). The van der Waals surface area contributed by atoms with E-state index >= 15 is 0 Å². The van der Waals surface area contributed by atoms with Crippen molar-refractivity contribution in [2.75, 3.05) is 27.9 Å². The fourth-order valence-electron chi connectivity index (χ4n) is 4.95. The maximum atomic E-state index is 13.2. The third-order valence-corrected chi connectivity index (χ3v) is 6.79. The number of carbonyl (C=O) groups excluding carboxylic acids is 1. The van der Waals surface area contributed by atoms with Crippen LogP contribution in [0.4, 0.5) is 0 Å². The summed E-state index contributed by atoms with van der Waals surface area (Å²) < 4.78 is 16.5. The summed E-state index contributed by atoms with van der Waals surface area (Å²) in [5.41, 5.74) is 5.22. The van der Waals surface area contributed by atoms with E-state index in [-0.39, 0.29) is 18.0 Å². The lowest BCUT2D eigenvalue weighted by Crippen LogP contribution is -2.47. The highest BCUT2D eigenvalue weighted by Crippen LogP contribution is 2.40. The molecule has 6 heteroatoms. The van der Waals surface area contributed by atoms with Gasteiger partial charge in [-0.3, -0.25) is 9.69 Å². The number of ether oxygens (including phenoxy) is 3. The molecule has 35 heavy (non-hydrogen) atoms. The summed E-state index contributed by atoms with van der Waals surface area (Å²) in [6.45, 7) is 5.66. The van der Waals surface area contributed by atoms with Gasteiger partial charge in [0.1, 0.15) is 5.75 Å². The number of aryl methyl sites for hydroxylation is 1. The number of nitrogens with zero attached hydrogens (tertiary/aromatic N) is 1. The molecule has 3 aromatic carbocycles. The number of nitrogens with one attached hydrogen (secondary N) is 1. The van der Waals surface area contributed by atoms with Crippen LogP contribution < -0.4 is 19.5 Å². The molecule has 1 N–H and O–H groups in total. The molecule has 0 spiro atoms. The maximum Gasteiger partial charge on any atom is 0.251 e. The van der Waals surface area contributed by atoms with E-state index in [0.717, 1.165) is 42.1 Å². The third kappa shape index (κ3) is 5.28. The molecule has 4 rings (SSSR count). The van der Waals surface area contributed by atoms with Crippen molar-refractivity contribution >= 4 is 5.91 Å². The van der Waals surface area contributed by atoms with Gasteiger partial charge in [0.05, 0.1) is 27.4 Å². The zero-order valence-corrected chi connectivity index (χ0v) is 21.1. The lowest BCUT2D eigenvalue weighted by molar-refractivity contribution is 0.0876. The molecule has 2 unspecified atom stereocenters. The van der Waals surface area contributed by atoms with Crippen molar-refractivity contribution < 1.29 is 19.0 Å². The van der Waals surface area contributed by atoms with Gasteiger partial charge in [0.2, 0.25) is 0 Å². The van der Waals surface area contributed by atoms with Crippen LogP contribution in [0.25, 0.3) is 0 Å². The molecule has 6 nitrogen and oxygen atoms in total. The second kappa shape index (κ2) is 10.8. The van der Waals surface area contributed by atoms with Crippen LogP contribution in [-0.2, 0) is 13.0 Å². The SMILES string of the molecule is COc1ccc(CN2CCc3cc(OC)c(OC)cc3C2C(C)NC(=O)c2ccccc2C)cc1. The average Bonchev–Trinajstić information content (AvgIpc) is 2.88. The molecule has 184 valence electrons. The molecule has 0 saturated carbocycles. The van der Waals surface area contributed by atoms with Crippen molar-refractivity contribution in [2.24, 2.45) is 0 Å². The minimum atomic E-state index is -0.141. The molecular formula is C29H34N2O4. The second-order valence-corrected chi connectivity index (χ2v) is 9.00. The van der Waals surface area contributed by atoms with Gasteiger partial charge < -0.3 is 19.5 Å². The predicted molar refractivity (Wildman–Crippen MR) is 138 cm³/mol. The van der Waals surface area contributed by atoms with Gasteiger partial charge in [0, 0.05) is 24.7 Å². The van der Waals surface area contributed by atoms with Gasteiger partial charge in [0.25, 0.3) is 5.91 Å². The van der Waals surface area contributed by atoms with E-state index in [4.69, 9.17) is 14.2 Å². The molecule has 0 saturated heterocycles. The smallest absolute Gasteiger partial charge is 0.251 e. The highest BCUT2D eigenvalue weighted by Gasteiger charge is 2.34. The molecule has 1 aliphatic rings. The Balaban J connectivity index is 1.68. The van der Waals surface area contributed by atoms with Crippen LogP contribution in [-0.4, -0.2) is 44.7 Å². The largest absolute Gasteiger partial charge is 0.497 e. The first-order chi connectivity index (χ1) is 16.9. The zero-order valence-electron chi connectivity index (χ0n) is 21.1. The molecule has 0 aromatic heterocycles. The molecular weight excluding hydrogens is 440 g/mol. The van der Waals surface area contributed by atoms with Gasteiger partial charge >= 0.3 is 0 Å². The number of carbonyl (C=O) groups is 1. The Hall–Kier alpha value is -3.51. The van der Waals surface area contributed by atoms with E-state index in [2.05, 4.69) is 41.4 Å². The van der Waals surface area contributed by atoms with Gasteiger partial charge in [0.15, 0.2) is 11.5 Å². The average molecular weight is 475 g/mol. The van der Waals surface area contributed by atoms with Crippen LogP contribution in [0.3, 0.4) is 0 Å². The minimum absolute atomic E-state index is 0.0337. The lowest BCUT2D eigenvalue weighted by atomic mass is 9.87. The highest BCUT2D eigenvalue weighted by molar-refractivity contribution is 5.95. The van der Waals surface area contributed by atoms with Crippen LogP contribution in [0.1, 0.15) is 45.6 Å². The molecule has 0 aliphatic carbocycles. The number of amides is 1. The number of benzene rings is 3. The number of methoxy groups -OCH3 is 3. The summed E-state index contributed by atoms with van der Waals surface area (Å²) in [7, 11) is 4.99. The Kier molecular flexibility index (Phi) is 7.61. The van der Waals surface area contributed by atoms with Crippen molar-refractivity contribution in [3.05, 3.63) is 88.5 Å². The minimum Gasteiger partial charge on any atom is -0.497 e. The summed E-state index contributed by atoms with van der Waals surface area (Å²) >= 11 is 0. The first-order valence-electron chi connectivity index (χ1n) is 11.9. The lowest BCUT2D eigenvalue weighted by Gasteiger charge is -2.41. The monoisotopic (exact) mass is 474 g/mol. The van der Waals surface area contributed by atoms with Gasteiger partial charge in [-0.25, -0.2) is 0 Å². The molecule has 0 bridgehead atoms. The molecule has 1 aliphatic heterocycles. The second-order valence-electron chi connectivity index (χ2n) is 9.00. The van der Waals surface area contributed by atoms with E-state index in [1.54, 1.807) is 21.3 Å². The van der Waals surface area contributed by atoms with Gasteiger partial charge in [-0.05, 0) is 72.9 Å². The topological polar surface area (TPSA) is 60.0 Å². The van der Waals surface area contributed by atoms with Crippen LogP contribution in [0, 0.1) is 6.92 Å². The normalized spacial score (nSPS) is 16.2. The van der Waals surface area contributed by atoms with E-state index in [1.807, 2.05) is 43.3 Å². The Morgan fingerprint density at radius 3 is 2.34 bits per heavy atom. The molecule has 0 fully saturated rings. The van der Waals surface area contributed by atoms with Crippen LogP contribution in [0.2, 0.25) is 0 Å². The van der Waals surface area contributed by atoms with Crippen LogP contribution in [0.15, 0.2) is 60.7 Å². The van der Waals surface area contributed by atoms with E-state index in [9.17, 15) is 4.79 Å². The Morgan fingerprint density at radius 2 is 1.69 bits per heavy atom. The highest BCUT2D eigenvalue weighted by atomic mass is 16.5. The van der Waals surface area contributed by atoms with E-state index in [0.29, 0.717) is 11.3 Å². The summed E-state index contributed by atoms with van der Waals surface area (Å²) in [5, 5.41) is 3.28. The van der Waals surface area contributed by atoms with Gasteiger partial charge in [-0.2, -0.15) is 0 Å². The molecule has 1 heterocycles. The van der Waals surface area contributed by atoms with Gasteiger partial charge in [-0.15, -0.1) is 0 Å². The first kappa shape index (κ1) is 24.6. The third-order valence-electron chi connectivity index (χ3n) is 6.79. The van der Waals surface area contributed by atoms with Crippen molar-refractivity contribution in [3.63, 3.8) is 0 Å². The molecule has 1 amide bonds. The van der Waals surface area contributed by atoms with Crippen LogP contribution >= 0.6 is 0 Å². The van der Waals surface area contributed by atoms with Crippen molar-refractivity contribution in [2.45, 2.75) is 38.9 Å². The summed E-state index contributed by atoms with van der Waals surface area (Å²) in [6, 6.07) is 19.8. The first-order valence-corrected chi connectivity index (χ1v) is 11.9. The van der Waals surface area contributed by atoms with E-state index < -0.39 is 0 Å². The van der Waals surface area contributed by atoms with Crippen molar-refractivity contribution in [3.8, 4) is 17.2 Å². The summed E-state index contributed by atoms with van der Waals surface area (Å²) in [4.78, 5) is 15.6. The quantitative estimate of drug-likeness (QED) is 0.501. The van der Waals surface area contributed by atoms with Crippen LogP contribution in [0.5, 0.6) is 17.2 Å². The maximum absolute atomic E-state index is 13.2. The summed E-state index contributed by atoms with van der Waals surface area (Å²) in [6.07, 6.45) is 0.890. The Labute approximate surface area is 207 Å². The number of hydrogen-bond donors (Lipinski definition) is 1. The zero-order chi connectivity index (χ0) is 24.9. The number of rotatable bonds is 8. The predicted octanol–water partition coefficient (Wildman–Crippen LogP) is 4.94. The van der Waals surface area contributed by atoms with Gasteiger partial charge in [-0.1, -0.05) is 30.3 Å². The molecule has 2 atom stereocenters. The molecule has 0 radical (unpaired) electrons. The van der Waals surface area contributed by atoms with Crippen molar-refractivity contribution in [1.82, 2.24) is 10.2 Å². The fourth-order valence-corrected chi connectivity index (χ4v) is 4.95. The molecule has 3 aromatic rings. The van der Waals surface area contributed by atoms with E-state index in [1.165, 1.54) is 11.1 Å². The number of hydrogen-bond acceptors (Lipinski definition) is 5. The Morgan fingerprint density at radius 1 is 1.00 bits per heavy atom. The summed E-state index contributed by atoms with van der Waals surface area (Å²) in [5.74, 6) is 2.20. The Bertz CT molecular complexity index is 1180. The fraction of sp³-hybridized carbons (Fsp3) is 0.345. The van der Waals surface area contributed by atoms with Crippen molar-refractivity contribution in [1.29, 1.82) is 0 Å².